The largest absolute Gasteiger partial charge is 0.357 e. The first kappa shape index (κ1) is 17.3. The molecule has 0 aliphatic heterocycles. The van der Waals surface area contributed by atoms with Gasteiger partial charge in [-0.25, -0.2) is 4.99 Å². The highest BCUT2D eigenvalue weighted by atomic mass is 35.5. The van der Waals surface area contributed by atoms with E-state index >= 15 is 0 Å². The maximum absolute atomic E-state index is 5.89. The van der Waals surface area contributed by atoms with Crippen LogP contribution in [0.2, 0.25) is 5.02 Å². The van der Waals surface area contributed by atoms with Crippen molar-refractivity contribution in [3.63, 3.8) is 0 Å². The van der Waals surface area contributed by atoms with E-state index in [0.29, 0.717) is 6.54 Å². The van der Waals surface area contributed by atoms with Crippen LogP contribution in [0.1, 0.15) is 25.3 Å². The topological polar surface area (TPSA) is 67.1 Å². The maximum Gasteiger partial charge on any atom is 0.191 e. The Balaban J connectivity index is 1.71. The van der Waals surface area contributed by atoms with Gasteiger partial charge in [-0.15, -0.1) is 10.2 Å². The molecule has 2 aromatic rings. The molecule has 0 amide bonds. The predicted molar refractivity (Wildman–Crippen MR) is 93.5 cm³/mol. The van der Waals surface area contributed by atoms with E-state index in [1.807, 2.05) is 28.8 Å². The molecule has 7 heteroatoms. The number of nitrogens with zero attached hydrogens (tertiary/aromatic N) is 4. The van der Waals surface area contributed by atoms with Gasteiger partial charge in [0.1, 0.15) is 12.7 Å². The van der Waals surface area contributed by atoms with E-state index in [1.165, 1.54) is 0 Å². The second-order valence-electron chi connectivity index (χ2n) is 5.16. The van der Waals surface area contributed by atoms with Crippen molar-refractivity contribution in [3.8, 4) is 0 Å². The van der Waals surface area contributed by atoms with Crippen LogP contribution >= 0.6 is 11.6 Å². The van der Waals surface area contributed by atoms with E-state index < -0.39 is 0 Å². The standard InChI is InChI=1S/C16H23ClN6/c1-2-18-16(20-11-14-5-7-15(17)8-6-14)19-9-3-4-10-23-12-21-22-13-23/h5-8,12-13H,2-4,9-11H2,1H3,(H2,18,19,20). The fourth-order valence-corrected chi connectivity index (χ4v) is 2.19. The van der Waals surface area contributed by atoms with Crippen LogP contribution in [0.5, 0.6) is 0 Å². The van der Waals surface area contributed by atoms with Gasteiger partial charge in [-0.1, -0.05) is 23.7 Å². The Morgan fingerprint density at radius 3 is 2.57 bits per heavy atom. The van der Waals surface area contributed by atoms with E-state index in [-0.39, 0.29) is 0 Å². The van der Waals surface area contributed by atoms with Gasteiger partial charge in [-0.05, 0) is 37.5 Å². The number of aryl methyl sites for hydroxylation is 1. The van der Waals surface area contributed by atoms with Gasteiger partial charge in [-0.2, -0.15) is 0 Å². The Labute approximate surface area is 142 Å². The van der Waals surface area contributed by atoms with Crippen molar-refractivity contribution in [2.45, 2.75) is 32.9 Å². The van der Waals surface area contributed by atoms with Gasteiger partial charge in [0.15, 0.2) is 5.96 Å². The molecule has 0 saturated carbocycles. The van der Waals surface area contributed by atoms with Crippen molar-refractivity contribution in [3.05, 3.63) is 47.5 Å². The fraction of sp³-hybridized carbons (Fsp3) is 0.438. The Morgan fingerprint density at radius 2 is 1.87 bits per heavy atom. The Hall–Kier alpha value is -2.08. The third kappa shape index (κ3) is 6.69. The monoisotopic (exact) mass is 334 g/mol. The van der Waals surface area contributed by atoms with E-state index in [0.717, 1.165) is 49.0 Å². The average Bonchev–Trinajstić information content (AvgIpc) is 3.07. The van der Waals surface area contributed by atoms with Gasteiger partial charge >= 0.3 is 0 Å². The highest BCUT2D eigenvalue weighted by Gasteiger charge is 1.98. The summed E-state index contributed by atoms with van der Waals surface area (Å²) in [6, 6.07) is 7.76. The summed E-state index contributed by atoms with van der Waals surface area (Å²) in [4.78, 5) is 4.59. The molecule has 0 spiro atoms. The van der Waals surface area contributed by atoms with E-state index in [9.17, 15) is 0 Å². The summed E-state index contributed by atoms with van der Waals surface area (Å²) in [6.07, 6.45) is 5.61. The Kier molecular flexibility index (Phi) is 7.39. The van der Waals surface area contributed by atoms with Gasteiger partial charge in [0.05, 0.1) is 6.54 Å². The molecule has 2 rings (SSSR count). The van der Waals surface area contributed by atoms with Crippen LogP contribution in [0.15, 0.2) is 41.9 Å². The number of unbranched alkanes of at least 4 members (excludes halogenated alkanes) is 1. The molecule has 0 radical (unpaired) electrons. The van der Waals surface area contributed by atoms with Gasteiger partial charge in [0.2, 0.25) is 0 Å². The van der Waals surface area contributed by atoms with Crippen LogP contribution in [0, 0.1) is 0 Å². The maximum atomic E-state index is 5.89. The van der Waals surface area contributed by atoms with Crippen molar-refractivity contribution in [1.29, 1.82) is 0 Å². The number of rotatable bonds is 8. The molecule has 0 saturated heterocycles. The van der Waals surface area contributed by atoms with Crippen LogP contribution in [0.3, 0.4) is 0 Å². The highest BCUT2D eigenvalue weighted by molar-refractivity contribution is 6.30. The third-order valence-corrected chi connectivity index (χ3v) is 3.53. The van der Waals surface area contributed by atoms with Crippen LogP contribution in [0.4, 0.5) is 0 Å². The molecule has 2 N–H and O–H groups in total. The smallest absolute Gasteiger partial charge is 0.191 e. The molecule has 1 aromatic heterocycles. The highest BCUT2D eigenvalue weighted by Crippen LogP contribution is 2.10. The summed E-state index contributed by atoms with van der Waals surface area (Å²) in [5, 5.41) is 14.9. The third-order valence-electron chi connectivity index (χ3n) is 3.28. The molecule has 23 heavy (non-hydrogen) atoms. The lowest BCUT2D eigenvalue weighted by Gasteiger charge is -2.11. The summed E-state index contributed by atoms with van der Waals surface area (Å²) in [7, 11) is 0. The van der Waals surface area contributed by atoms with Crippen molar-refractivity contribution < 1.29 is 0 Å². The summed E-state index contributed by atoms with van der Waals surface area (Å²) in [5.74, 6) is 0.840. The molecule has 1 aromatic carbocycles. The van der Waals surface area contributed by atoms with Crippen molar-refractivity contribution >= 4 is 17.6 Å². The number of guanidine groups is 1. The van der Waals surface area contributed by atoms with Crippen LogP contribution in [-0.2, 0) is 13.1 Å². The summed E-state index contributed by atoms with van der Waals surface area (Å²) >= 11 is 5.89. The molecule has 1 heterocycles. The first-order valence-electron chi connectivity index (χ1n) is 7.87. The number of aromatic nitrogens is 3. The Morgan fingerprint density at radius 1 is 1.13 bits per heavy atom. The minimum absolute atomic E-state index is 0.632. The molecule has 0 bridgehead atoms. The second-order valence-corrected chi connectivity index (χ2v) is 5.59. The molecule has 0 aliphatic carbocycles. The fourth-order valence-electron chi connectivity index (χ4n) is 2.07. The quantitative estimate of drug-likeness (QED) is 0.442. The average molecular weight is 335 g/mol. The first-order chi connectivity index (χ1) is 11.3. The number of benzene rings is 1. The minimum atomic E-state index is 0.632. The van der Waals surface area contributed by atoms with Gasteiger partial charge in [0, 0.05) is 24.7 Å². The second kappa shape index (κ2) is 9.84. The summed E-state index contributed by atoms with van der Waals surface area (Å²) in [6.45, 7) is 5.35. The predicted octanol–water partition coefficient (Wildman–Crippen LogP) is 2.47. The number of aliphatic imine (C=N–C) groups is 1. The molecule has 0 unspecified atom stereocenters. The molecule has 124 valence electrons. The number of nitrogens with one attached hydrogen (secondary N) is 2. The molecular formula is C16H23ClN6. The van der Waals surface area contributed by atoms with Gasteiger partial charge < -0.3 is 15.2 Å². The van der Waals surface area contributed by atoms with Gasteiger partial charge in [-0.3, -0.25) is 0 Å². The molecule has 0 atom stereocenters. The van der Waals surface area contributed by atoms with E-state index in [1.54, 1.807) is 12.7 Å². The first-order valence-corrected chi connectivity index (χ1v) is 8.24. The summed E-state index contributed by atoms with van der Waals surface area (Å²) < 4.78 is 1.99. The van der Waals surface area contributed by atoms with Gasteiger partial charge in [0.25, 0.3) is 0 Å². The lowest BCUT2D eigenvalue weighted by atomic mass is 10.2. The molecule has 0 aliphatic rings. The van der Waals surface area contributed by atoms with Crippen molar-refractivity contribution in [2.75, 3.05) is 13.1 Å². The zero-order valence-electron chi connectivity index (χ0n) is 13.4. The lowest BCUT2D eigenvalue weighted by molar-refractivity contribution is 0.598. The van der Waals surface area contributed by atoms with Crippen LogP contribution in [0.25, 0.3) is 0 Å². The summed E-state index contributed by atoms with van der Waals surface area (Å²) in [5.41, 5.74) is 1.14. The normalized spacial score (nSPS) is 11.5. The zero-order valence-corrected chi connectivity index (χ0v) is 14.1. The lowest BCUT2D eigenvalue weighted by Crippen LogP contribution is -2.37. The minimum Gasteiger partial charge on any atom is -0.357 e. The van der Waals surface area contributed by atoms with Crippen LogP contribution in [-0.4, -0.2) is 33.8 Å². The zero-order chi connectivity index (χ0) is 16.3. The Bertz CT molecular complexity index is 579. The number of hydrogen-bond donors (Lipinski definition) is 2. The van der Waals surface area contributed by atoms with Crippen molar-refractivity contribution in [2.24, 2.45) is 4.99 Å². The van der Waals surface area contributed by atoms with Crippen molar-refractivity contribution in [1.82, 2.24) is 25.4 Å². The SMILES string of the molecule is CCNC(=NCc1ccc(Cl)cc1)NCCCCn1cnnc1. The number of halogens is 1. The molecular weight excluding hydrogens is 312 g/mol. The number of hydrogen-bond acceptors (Lipinski definition) is 3. The van der Waals surface area contributed by atoms with E-state index in [4.69, 9.17) is 11.6 Å². The molecule has 0 fully saturated rings. The van der Waals surface area contributed by atoms with E-state index in [2.05, 4.69) is 32.7 Å². The van der Waals surface area contributed by atoms with Crippen LogP contribution < -0.4 is 10.6 Å². The molecule has 6 nitrogen and oxygen atoms in total.